The Labute approximate surface area is 94.2 Å². The van der Waals surface area contributed by atoms with Crippen molar-refractivity contribution in [1.29, 1.82) is 0 Å². The average molecular weight is 229 g/mol. The van der Waals surface area contributed by atoms with Gasteiger partial charge in [0, 0.05) is 18.2 Å². The molecule has 0 amide bonds. The summed E-state index contributed by atoms with van der Waals surface area (Å²) in [4.78, 5) is 10.2. The Morgan fingerprint density at radius 1 is 1.47 bits per heavy atom. The summed E-state index contributed by atoms with van der Waals surface area (Å²) in [5, 5.41) is 13.9. The Hall–Kier alpha value is -1.13. The number of nitrogens with one attached hydrogen (secondary N) is 1. The molecular formula is C10H13ClN2O2. The highest BCUT2D eigenvalue weighted by atomic mass is 35.5. The van der Waals surface area contributed by atoms with Crippen LogP contribution in [0.25, 0.3) is 0 Å². The van der Waals surface area contributed by atoms with Crippen LogP contribution in [0.1, 0.15) is 24.4 Å². The van der Waals surface area contributed by atoms with Gasteiger partial charge in [0.25, 0.3) is 5.69 Å². The van der Waals surface area contributed by atoms with E-state index >= 15 is 0 Å². The zero-order chi connectivity index (χ0) is 9.97. The smallest absolute Gasteiger partial charge is 0.269 e. The SMILES string of the molecule is Cl.O=[N+]([O-])c1cccc([C@@H]2CCCN2)c1. The molecule has 1 aliphatic rings. The van der Waals surface area contributed by atoms with E-state index in [2.05, 4.69) is 5.32 Å². The summed E-state index contributed by atoms with van der Waals surface area (Å²) < 4.78 is 0. The minimum absolute atomic E-state index is 0. The summed E-state index contributed by atoms with van der Waals surface area (Å²) in [7, 11) is 0. The van der Waals surface area contributed by atoms with Crippen LogP contribution in [0.2, 0.25) is 0 Å². The van der Waals surface area contributed by atoms with Crippen LogP contribution in [0.15, 0.2) is 24.3 Å². The van der Waals surface area contributed by atoms with Crippen molar-refractivity contribution in [3.05, 3.63) is 39.9 Å². The monoisotopic (exact) mass is 228 g/mol. The van der Waals surface area contributed by atoms with Crippen LogP contribution >= 0.6 is 12.4 Å². The molecule has 15 heavy (non-hydrogen) atoms. The van der Waals surface area contributed by atoms with Gasteiger partial charge < -0.3 is 5.32 Å². The fourth-order valence-corrected chi connectivity index (χ4v) is 1.82. The number of nitrogens with zero attached hydrogens (tertiary/aromatic N) is 1. The molecule has 0 saturated carbocycles. The molecule has 1 aliphatic heterocycles. The number of halogens is 1. The van der Waals surface area contributed by atoms with Gasteiger partial charge in [-0.3, -0.25) is 10.1 Å². The van der Waals surface area contributed by atoms with Crippen molar-refractivity contribution in [2.24, 2.45) is 0 Å². The van der Waals surface area contributed by atoms with Gasteiger partial charge in [-0.1, -0.05) is 12.1 Å². The van der Waals surface area contributed by atoms with E-state index in [0.717, 1.165) is 24.9 Å². The van der Waals surface area contributed by atoms with Gasteiger partial charge >= 0.3 is 0 Å². The number of hydrogen-bond donors (Lipinski definition) is 1. The number of hydrogen-bond acceptors (Lipinski definition) is 3. The van der Waals surface area contributed by atoms with E-state index in [-0.39, 0.29) is 23.0 Å². The van der Waals surface area contributed by atoms with Crippen LogP contribution in [0.5, 0.6) is 0 Å². The first-order chi connectivity index (χ1) is 6.77. The summed E-state index contributed by atoms with van der Waals surface area (Å²) in [5.74, 6) is 0. The van der Waals surface area contributed by atoms with E-state index in [1.165, 1.54) is 6.07 Å². The molecule has 4 nitrogen and oxygen atoms in total. The molecule has 1 fully saturated rings. The summed E-state index contributed by atoms with van der Waals surface area (Å²) in [6.45, 7) is 1.01. The number of benzene rings is 1. The van der Waals surface area contributed by atoms with Crippen molar-refractivity contribution >= 4 is 18.1 Å². The lowest BCUT2D eigenvalue weighted by atomic mass is 10.1. The van der Waals surface area contributed by atoms with Gasteiger partial charge in [0.2, 0.25) is 0 Å². The lowest BCUT2D eigenvalue weighted by molar-refractivity contribution is -0.384. The van der Waals surface area contributed by atoms with Gasteiger partial charge in [-0.2, -0.15) is 0 Å². The predicted molar refractivity (Wildman–Crippen MR) is 60.3 cm³/mol. The molecule has 0 aliphatic carbocycles. The van der Waals surface area contributed by atoms with Gasteiger partial charge in [-0.15, -0.1) is 12.4 Å². The first-order valence-corrected chi connectivity index (χ1v) is 4.75. The fourth-order valence-electron chi connectivity index (χ4n) is 1.82. The third kappa shape index (κ3) is 2.67. The van der Waals surface area contributed by atoms with Gasteiger partial charge in [0.15, 0.2) is 0 Å². The zero-order valence-electron chi connectivity index (χ0n) is 8.18. The quantitative estimate of drug-likeness (QED) is 0.625. The summed E-state index contributed by atoms with van der Waals surface area (Å²) in [5.41, 5.74) is 1.20. The largest absolute Gasteiger partial charge is 0.310 e. The molecule has 1 aromatic rings. The standard InChI is InChI=1S/C10H12N2O2.ClH/c13-12(14)9-4-1-3-8(7-9)10-5-2-6-11-10;/h1,3-4,7,10-11H,2,5-6H2;1H/t10-;/m0./s1. The Morgan fingerprint density at radius 3 is 2.87 bits per heavy atom. The molecule has 0 aromatic heterocycles. The summed E-state index contributed by atoms with van der Waals surface area (Å²) >= 11 is 0. The van der Waals surface area contributed by atoms with Crippen LogP contribution < -0.4 is 5.32 Å². The summed E-state index contributed by atoms with van der Waals surface area (Å²) in [6.07, 6.45) is 2.22. The van der Waals surface area contributed by atoms with Crippen LogP contribution in [-0.4, -0.2) is 11.5 Å². The summed E-state index contributed by atoms with van der Waals surface area (Å²) in [6, 6.07) is 7.17. The van der Waals surface area contributed by atoms with E-state index in [1.807, 2.05) is 6.07 Å². The normalized spacial score (nSPS) is 19.6. The minimum atomic E-state index is -0.349. The Kier molecular flexibility index (Phi) is 4.05. The molecule has 1 heterocycles. The predicted octanol–water partition coefficient (Wildman–Crippen LogP) is 2.44. The molecule has 5 heteroatoms. The van der Waals surface area contributed by atoms with Crippen molar-refractivity contribution in [3.63, 3.8) is 0 Å². The molecule has 0 unspecified atom stereocenters. The van der Waals surface area contributed by atoms with Gasteiger partial charge in [0.05, 0.1) is 4.92 Å². The number of nitro benzene ring substituents is 1. The van der Waals surface area contributed by atoms with Crippen molar-refractivity contribution in [1.82, 2.24) is 5.32 Å². The van der Waals surface area contributed by atoms with E-state index < -0.39 is 0 Å². The van der Waals surface area contributed by atoms with Crippen LogP contribution in [0.3, 0.4) is 0 Å². The van der Waals surface area contributed by atoms with Crippen molar-refractivity contribution < 1.29 is 4.92 Å². The average Bonchev–Trinajstić information content (AvgIpc) is 2.71. The maximum atomic E-state index is 10.6. The number of nitro groups is 1. The van der Waals surface area contributed by atoms with E-state index in [9.17, 15) is 10.1 Å². The Bertz CT molecular complexity index is 351. The molecule has 0 radical (unpaired) electrons. The van der Waals surface area contributed by atoms with Crippen LogP contribution in [0.4, 0.5) is 5.69 Å². The molecule has 1 saturated heterocycles. The van der Waals surface area contributed by atoms with Crippen LogP contribution in [-0.2, 0) is 0 Å². The third-order valence-electron chi connectivity index (χ3n) is 2.54. The first kappa shape index (κ1) is 11.9. The first-order valence-electron chi connectivity index (χ1n) is 4.75. The second-order valence-corrected chi connectivity index (χ2v) is 3.50. The highest BCUT2D eigenvalue weighted by Crippen LogP contribution is 2.25. The number of rotatable bonds is 2. The van der Waals surface area contributed by atoms with Crippen molar-refractivity contribution in [2.45, 2.75) is 18.9 Å². The third-order valence-corrected chi connectivity index (χ3v) is 2.54. The number of non-ortho nitro benzene ring substituents is 1. The maximum Gasteiger partial charge on any atom is 0.269 e. The van der Waals surface area contributed by atoms with Crippen molar-refractivity contribution in [3.8, 4) is 0 Å². The zero-order valence-corrected chi connectivity index (χ0v) is 9.00. The molecule has 1 N–H and O–H groups in total. The maximum absolute atomic E-state index is 10.6. The second-order valence-electron chi connectivity index (χ2n) is 3.50. The van der Waals surface area contributed by atoms with E-state index in [4.69, 9.17) is 0 Å². The Balaban J connectivity index is 0.00000112. The Morgan fingerprint density at radius 2 is 2.27 bits per heavy atom. The molecule has 82 valence electrons. The lowest BCUT2D eigenvalue weighted by Gasteiger charge is -2.09. The topological polar surface area (TPSA) is 55.2 Å². The second kappa shape index (κ2) is 5.09. The minimum Gasteiger partial charge on any atom is -0.310 e. The van der Waals surface area contributed by atoms with Gasteiger partial charge in [-0.05, 0) is 24.9 Å². The van der Waals surface area contributed by atoms with E-state index in [1.54, 1.807) is 12.1 Å². The molecule has 2 rings (SSSR count). The molecule has 0 bridgehead atoms. The van der Waals surface area contributed by atoms with E-state index in [0.29, 0.717) is 6.04 Å². The lowest BCUT2D eigenvalue weighted by Crippen LogP contribution is -2.12. The highest BCUT2D eigenvalue weighted by Gasteiger charge is 2.17. The van der Waals surface area contributed by atoms with Crippen molar-refractivity contribution in [2.75, 3.05) is 6.54 Å². The molecule has 1 atom stereocenters. The molecular weight excluding hydrogens is 216 g/mol. The molecule has 0 spiro atoms. The molecule has 1 aromatic carbocycles. The van der Waals surface area contributed by atoms with Crippen LogP contribution in [0, 0.1) is 10.1 Å². The van der Waals surface area contributed by atoms with Gasteiger partial charge in [-0.25, -0.2) is 0 Å². The van der Waals surface area contributed by atoms with Gasteiger partial charge in [0.1, 0.15) is 0 Å². The fraction of sp³-hybridized carbons (Fsp3) is 0.400. The highest BCUT2D eigenvalue weighted by molar-refractivity contribution is 5.85.